The summed E-state index contributed by atoms with van der Waals surface area (Å²) in [5, 5.41) is 4.17. The number of nitrogens with zero attached hydrogens (tertiary/aromatic N) is 2. The molecule has 3 amide bonds. The van der Waals surface area contributed by atoms with Crippen LogP contribution in [-0.2, 0) is 19.6 Å². The fraction of sp³-hybridized carbons (Fsp3) is 0.261. The number of amides is 3. The summed E-state index contributed by atoms with van der Waals surface area (Å²) in [5.74, 6) is -0.756. The van der Waals surface area contributed by atoms with E-state index in [1.54, 1.807) is 38.1 Å². The van der Waals surface area contributed by atoms with Crippen molar-refractivity contribution >= 4 is 62.3 Å². The molecule has 34 heavy (non-hydrogen) atoms. The zero-order valence-corrected chi connectivity index (χ0v) is 21.2. The van der Waals surface area contributed by atoms with E-state index in [1.807, 2.05) is 17.5 Å². The standard InChI is InChI=1S/C23H25N3O5S3/c1-3-25(4-2)34(30,31)19-10-7-17(8-11-19)9-12-21(27)24-13-14-26-22(28)20(33-23(26)29)16-18-6-5-15-32-18/h5-12,15-16H,3-4,13-14H2,1-2H3,(H,24,27)/b12-9+,20-16-. The molecule has 0 saturated carbocycles. The summed E-state index contributed by atoms with van der Waals surface area (Å²) in [6.45, 7) is 4.54. The summed E-state index contributed by atoms with van der Waals surface area (Å²) in [5.41, 5.74) is 0.665. The Labute approximate surface area is 207 Å². The molecule has 0 radical (unpaired) electrons. The first-order chi connectivity index (χ1) is 16.3. The molecule has 1 N–H and O–H groups in total. The van der Waals surface area contributed by atoms with Crippen molar-refractivity contribution in [2.24, 2.45) is 0 Å². The van der Waals surface area contributed by atoms with Gasteiger partial charge in [-0.1, -0.05) is 32.0 Å². The number of imide groups is 1. The van der Waals surface area contributed by atoms with E-state index in [0.29, 0.717) is 23.6 Å². The third-order valence-corrected chi connectivity index (χ3v) is 8.77. The Morgan fingerprint density at radius 1 is 1.12 bits per heavy atom. The summed E-state index contributed by atoms with van der Waals surface area (Å²) in [6, 6.07) is 10.00. The third-order valence-electron chi connectivity index (χ3n) is 4.98. The van der Waals surface area contributed by atoms with E-state index in [0.717, 1.165) is 21.5 Å². The molecule has 0 unspecified atom stereocenters. The smallest absolute Gasteiger partial charge is 0.293 e. The Hall–Kier alpha value is -2.73. The molecular formula is C23H25N3O5S3. The molecule has 3 rings (SSSR count). The van der Waals surface area contributed by atoms with Crippen LogP contribution in [0.3, 0.4) is 0 Å². The minimum atomic E-state index is -3.53. The number of thiophene rings is 1. The van der Waals surface area contributed by atoms with Gasteiger partial charge in [0.25, 0.3) is 11.1 Å². The Bertz CT molecular complexity index is 1200. The van der Waals surface area contributed by atoms with Gasteiger partial charge in [0.15, 0.2) is 0 Å². The van der Waals surface area contributed by atoms with Crippen LogP contribution >= 0.6 is 23.1 Å². The Balaban J connectivity index is 1.51. The molecule has 1 aliphatic rings. The van der Waals surface area contributed by atoms with Crippen LogP contribution in [0.25, 0.3) is 12.2 Å². The van der Waals surface area contributed by atoms with Gasteiger partial charge in [-0.3, -0.25) is 19.3 Å². The zero-order valence-electron chi connectivity index (χ0n) is 18.8. The van der Waals surface area contributed by atoms with Gasteiger partial charge in [-0.25, -0.2) is 8.42 Å². The van der Waals surface area contributed by atoms with Crippen molar-refractivity contribution in [3.8, 4) is 0 Å². The van der Waals surface area contributed by atoms with Crippen molar-refractivity contribution < 1.29 is 22.8 Å². The number of benzene rings is 1. The van der Waals surface area contributed by atoms with Crippen LogP contribution in [0.1, 0.15) is 24.3 Å². The number of thioether (sulfide) groups is 1. The molecule has 8 nitrogen and oxygen atoms in total. The molecule has 2 aromatic rings. The lowest BCUT2D eigenvalue weighted by Gasteiger charge is -2.18. The van der Waals surface area contributed by atoms with Gasteiger partial charge in [-0.15, -0.1) is 11.3 Å². The molecule has 1 aromatic carbocycles. The summed E-state index contributed by atoms with van der Waals surface area (Å²) in [7, 11) is -3.53. The maximum absolute atomic E-state index is 12.5. The van der Waals surface area contributed by atoms with Crippen LogP contribution in [0.5, 0.6) is 0 Å². The minimum absolute atomic E-state index is 0.0734. The molecule has 0 spiro atoms. The number of hydrogen-bond acceptors (Lipinski definition) is 7. The molecule has 11 heteroatoms. The topological polar surface area (TPSA) is 104 Å². The average molecular weight is 520 g/mol. The molecule has 1 saturated heterocycles. The van der Waals surface area contributed by atoms with Crippen molar-refractivity contribution in [1.82, 2.24) is 14.5 Å². The second-order valence-electron chi connectivity index (χ2n) is 7.13. The van der Waals surface area contributed by atoms with Crippen LogP contribution in [0.2, 0.25) is 0 Å². The van der Waals surface area contributed by atoms with Crippen LogP contribution in [-0.4, -0.2) is 60.9 Å². The second-order valence-corrected chi connectivity index (χ2v) is 11.0. The van der Waals surface area contributed by atoms with E-state index >= 15 is 0 Å². The molecule has 1 aliphatic heterocycles. The van der Waals surface area contributed by atoms with E-state index in [2.05, 4.69) is 5.32 Å². The van der Waals surface area contributed by atoms with Crippen LogP contribution in [0, 0.1) is 0 Å². The number of carbonyl (C=O) groups excluding carboxylic acids is 3. The van der Waals surface area contributed by atoms with E-state index in [-0.39, 0.29) is 35.0 Å². The molecule has 0 aliphatic carbocycles. The van der Waals surface area contributed by atoms with Gasteiger partial charge >= 0.3 is 0 Å². The first-order valence-electron chi connectivity index (χ1n) is 10.6. The fourth-order valence-electron chi connectivity index (χ4n) is 3.18. The van der Waals surface area contributed by atoms with E-state index < -0.39 is 10.0 Å². The Morgan fingerprint density at radius 2 is 1.82 bits per heavy atom. The average Bonchev–Trinajstić information content (AvgIpc) is 3.42. The highest BCUT2D eigenvalue weighted by Crippen LogP contribution is 2.32. The number of carbonyl (C=O) groups is 3. The minimum Gasteiger partial charge on any atom is -0.351 e. The number of rotatable bonds is 10. The van der Waals surface area contributed by atoms with Crippen LogP contribution in [0.4, 0.5) is 4.79 Å². The summed E-state index contributed by atoms with van der Waals surface area (Å²) in [6.07, 6.45) is 4.57. The van der Waals surface area contributed by atoms with Crippen molar-refractivity contribution in [3.05, 3.63) is 63.2 Å². The van der Waals surface area contributed by atoms with Crippen molar-refractivity contribution in [2.75, 3.05) is 26.2 Å². The van der Waals surface area contributed by atoms with Gasteiger partial charge in [0.05, 0.1) is 9.80 Å². The van der Waals surface area contributed by atoms with Gasteiger partial charge in [-0.05, 0) is 53.1 Å². The lowest BCUT2D eigenvalue weighted by atomic mass is 10.2. The molecule has 180 valence electrons. The van der Waals surface area contributed by atoms with E-state index in [4.69, 9.17) is 0 Å². The van der Waals surface area contributed by atoms with Gasteiger partial charge < -0.3 is 5.32 Å². The quantitative estimate of drug-likeness (QED) is 0.481. The van der Waals surface area contributed by atoms with Gasteiger partial charge in [0.2, 0.25) is 15.9 Å². The van der Waals surface area contributed by atoms with Crippen LogP contribution < -0.4 is 5.32 Å². The predicted molar refractivity (Wildman–Crippen MR) is 136 cm³/mol. The first-order valence-corrected chi connectivity index (χ1v) is 13.7. The van der Waals surface area contributed by atoms with E-state index in [9.17, 15) is 22.8 Å². The Morgan fingerprint density at radius 3 is 2.44 bits per heavy atom. The zero-order chi connectivity index (χ0) is 24.7. The first kappa shape index (κ1) is 25.9. The number of sulfonamides is 1. The summed E-state index contributed by atoms with van der Waals surface area (Å²) in [4.78, 5) is 39.3. The van der Waals surface area contributed by atoms with E-state index in [1.165, 1.54) is 33.9 Å². The van der Waals surface area contributed by atoms with Gasteiger partial charge in [0.1, 0.15) is 0 Å². The second kappa shape index (κ2) is 11.6. The lowest BCUT2D eigenvalue weighted by Crippen LogP contribution is -2.36. The highest BCUT2D eigenvalue weighted by atomic mass is 32.2. The van der Waals surface area contributed by atoms with Gasteiger partial charge in [0, 0.05) is 37.1 Å². The predicted octanol–water partition coefficient (Wildman–Crippen LogP) is 3.64. The molecule has 0 bridgehead atoms. The molecule has 2 heterocycles. The van der Waals surface area contributed by atoms with Crippen LogP contribution in [0.15, 0.2) is 57.7 Å². The van der Waals surface area contributed by atoms with Crippen molar-refractivity contribution in [3.63, 3.8) is 0 Å². The normalized spacial score (nSPS) is 15.7. The highest BCUT2D eigenvalue weighted by molar-refractivity contribution is 8.18. The molecule has 1 fully saturated rings. The highest BCUT2D eigenvalue weighted by Gasteiger charge is 2.34. The lowest BCUT2D eigenvalue weighted by molar-refractivity contribution is -0.123. The summed E-state index contributed by atoms with van der Waals surface area (Å²) >= 11 is 2.36. The number of nitrogens with one attached hydrogen (secondary N) is 1. The fourth-order valence-corrected chi connectivity index (χ4v) is 6.23. The molecule has 1 aromatic heterocycles. The molecular weight excluding hydrogens is 494 g/mol. The van der Waals surface area contributed by atoms with Crippen molar-refractivity contribution in [1.29, 1.82) is 0 Å². The molecule has 0 atom stereocenters. The maximum atomic E-state index is 12.5. The Kier molecular flexibility index (Phi) is 8.84. The number of hydrogen-bond donors (Lipinski definition) is 1. The maximum Gasteiger partial charge on any atom is 0.293 e. The van der Waals surface area contributed by atoms with Crippen molar-refractivity contribution in [2.45, 2.75) is 18.7 Å². The SMILES string of the molecule is CCN(CC)S(=O)(=O)c1ccc(/C=C/C(=O)NCCN2C(=O)S/C(=C\c3cccs3)C2=O)cc1. The third kappa shape index (κ3) is 6.23. The van der Waals surface area contributed by atoms with Gasteiger partial charge in [-0.2, -0.15) is 4.31 Å². The largest absolute Gasteiger partial charge is 0.351 e. The monoisotopic (exact) mass is 519 g/mol. The summed E-state index contributed by atoms with van der Waals surface area (Å²) < 4.78 is 26.4.